The summed E-state index contributed by atoms with van der Waals surface area (Å²) in [7, 11) is 0. The largest absolute Gasteiger partial charge is 0.326 e. The van der Waals surface area contributed by atoms with E-state index in [1.807, 2.05) is 12.3 Å². The average molecular weight is 372 g/mol. The lowest BCUT2D eigenvalue weighted by Crippen LogP contribution is -2.26. The van der Waals surface area contributed by atoms with Gasteiger partial charge in [0.25, 0.3) is 0 Å². The van der Waals surface area contributed by atoms with E-state index in [2.05, 4.69) is 41.7 Å². The Morgan fingerprint density at radius 3 is 2.81 bits per heavy atom. The Balaban J connectivity index is 0.00000128. The normalized spacial score (nSPS) is 20.8. The first-order chi connectivity index (χ1) is 7.15. The maximum absolute atomic E-state index is 5.86. The molecule has 0 spiro atoms. The Labute approximate surface area is 118 Å². The van der Waals surface area contributed by atoms with E-state index in [0.717, 1.165) is 40.7 Å². The lowest BCUT2D eigenvalue weighted by atomic mass is 10.3. The molecule has 1 atom stereocenters. The van der Waals surface area contributed by atoms with E-state index in [1.165, 1.54) is 0 Å². The number of nitrogens with zero attached hydrogens (tertiary/aromatic N) is 2. The molecule has 1 aromatic heterocycles. The zero-order valence-electron chi connectivity index (χ0n) is 8.70. The molecule has 0 aliphatic carbocycles. The van der Waals surface area contributed by atoms with Crippen LogP contribution in [0.25, 0.3) is 0 Å². The molecule has 16 heavy (non-hydrogen) atoms. The van der Waals surface area contributed by atoms with Crippen LogP contribution >= 0.6 is 44.3 Å². The molecule has 2 N–H and O–H groups in total. The van der Waals surface area contributed by atoms with Crippen LogP contribution in [0.15, 0.2) is 21.2 Å². The number of aromatic nitrogens is 1. The minimum atomic E-state index is 0. The second-order valence-corrected chi connectivity index (χ2v) is 5.64. The van der Waals surface area contributed by atoms with Crippen LogP contribution in [0.5, 0.6) is 0 Å². The maximum atomic E-state index is 5.86. The van der Waals surface area contributed by atoms with Crippen LogP contribution in [0.1, 0.15) is 12.1 Å². The van der Waals surface area contributed by atoms with Gasteiger partial charge in [0.15, 0.2) is 0 Å². The van der Waals surface area contributed by atoms with Crippen molar-refractivity contribution in [2.75, 3.05) is 13.1 Å². The third-order valence-corrected chi connectivity index (χ3v) is 3.69. The Morgan fingerprint density at radius 2 is 2.25 bits per heavy atom. The summed E-state index contributed by atoms with van der Waals surface area (Å²) in [5, 5.41) is 0. The third-order valence-electron chi connectivity index (χ3n) is 2.57. The van der Waals surface area contributed by atoms with Gasteiger partial charge in [-0.05, 0) is 44.3 Å². The first kappa shape index (κ1) is 14.4. The summed E-state index contributed by atoms with van der Waals surface area (Å²) in [6, 6.07) is 2.36. The summed E-state index contributed by atoms with van der Waals surface area (Å²) >= 11 is 6.91. The monoisotopic (exact) mass is 369 g/mol. The third kappa shape index (κ3) is 3.67. The second-order valence-electron chi connectivity index (χ2n) is 3.87. The van der Waals surface area contributed by atoms with Gasteiger partial charge in [-0.1, -0.05) is 0 Å². The fourth-order valence-corrected chi connectivity index (χ4v) is 2.89. The summed E-state index contributed by atoms with van der Waals surface area (Å²) in [5.41, 5.74) is 6.94. The van der Waals surface area contributed by atoms with Gasteiger partial charge in [-0.15, -0.1) is 12.4 Å². The number of halogens is 3. The van der Waals surface area contributed by atoms with E-state index in [1.54, 1.807) is 0 Å². The van der Waals surface area contributed by atoms with Crippen LogP contribution in [0.2, 0.25) is 0 Å². The number of likely N-dealkylation sites (tertiary alicyclic amines) is 1. The molecular formula is C10H14Br2ClN3. The Kier molecular flexibility index (Phi) is 5.67. The van der Waals surface area contributed by atoms with Gasteiger partial charge in [0.05, 0.1) is 5.69 Å². The second kappa shape index (κ2) is 6.31. The van der Waals surface area contributed by atoms with Crippen molar-refractivity contribution in [2.45, 2.75) is 19.0 Å². The zero-order chi connectivity index (χ0) is 10.8. The van der Waals surface area contributed by atoms with Crippen molar-refractivity contribution in [2.24, 2.45) is 5.73 Å². The molecule has 0 amide bonds. The molecule has 90 valence electrons. The molecule has 3 nitrogen and oxygen atoms in total. The highest BCUT2D eigenvalue weighted by atomic mass is 79.9. The molecule has 0 saturated carbocycles. The van der Waals surface area contributed by atoms with Gasteiger partial charge in [-0.2, -0.15) is 0 Å². The highest BCUT2D eigenvalue weighted by molar-refractivity contribution is 9.11. The quantitative estimate of drug-likeness (QED) is 0.869. The minimum Gasteiger partial charge on any atom is -0.326 e. The summed E-state index contributed by atoms with van der Waals surface area (Å²) in [6.45, 7) is 2.93. The predicted octanol–water partition coefficient (Wildman–Crippen LogP) is 2.56. The molecule has 1 aromatic rings. The Hall–Kier alpha value is 0.320. The topological polar surface area (TPSA) is 42.1 Å². The van der Waals surface area contributed by atoms with Crippen molar-refractivity contribution >= 4 is 44.3 Å². The van der Waals surface area contributed by atoms with Crippen molar-refractivity contribution < 1.29 is 0 Å². The zero-order valence-corrected chi connectivity index (χ0v) is 12.7. The molecule has 1 aliphatic rings. The fraction of sp³-hybridized carbons (Fsp3) is 0.500. The first-order valence-corrected chi connectivity index (χ1v) is 6.51. The summed E-state index contributed by atoms with van der Waals surface area (Å²) in [4.78, 5) is 6.73. The summed E-state index contributed by atoms with van der Waals surface area (Å²) in [5.74, 6) is 0. The highest BCUT2D eigenvalue weighted by Gasteiger charge is 2.19. The molecule has 0 bridgehead atoms. The van der Waals surface area contributed by atoms with E-state index < -0.39 is 0 Å². The molecule has 1 fully saturated rings. The van der Waals surface area contributed by atoms with Crippen LogP contribution < -0.4 is 5.73 Å². The highest BCUT2D eigenvalue weighted by Crippen LogP contribution is 2.21. The lowest BCUT2D eigenvalue weighted by molar-refractivity contribution is 0.322. The van der Waals surface area contributed by atoms with Gasteiger partial charge in [0, 0.05) is 40.8 Å². The maximum Gasteiger partial charge on any atom is 0.0686 e. The van der Waals surface area contributed by atoms with Crippen LogP contribution in [0.4, 0.5) is 0 Å². The van der Waals surface area contributed by atoms with Gasteiger partial charge in [-0.3, -0.25) is 9.88 Å². The molecular weight excluding hydrogens is 357 g/mol. The Bertz CT molecular complexity index is 362. The van der Waals surface area contributed by atoms with Gasteiger partial charge in [-0.25, -0.2) is 0 Å². The SMILES string of the molecule is Cl.N[C@@H]1CCN(Cc2ncc(Br)cc2Br)C1. The van der Waals surface area contributed by atoms with E-state index in [9.17, 15) is 0 Å². The summed E-state index contributed by atoms with van der Waals surface area (Å²) in [6.07, 6.45) is 2.92. The van der Waals surface area contributed by atoms with E-state index in [-0.39, 0.29) is 12.4 Å². The Morgan fingerprint density at radius 1 is 1.50 bits per heavy atom. The van der Waals surface area contributed by atoms with E-state index >= 15 is 0 Å². The van der Waals surface area contributed by atoms with Crippen molar-refractivity contribution in [3.8, 4) is 0 Å². The number of nitrogens with two attached hydrogens (primary N) is 1. The number of hydrogen-bond acceptors (Lipinski definition) is 3. The smallest absolute Gasteiger partial charge is 0.0686 e. The van der Waals surface area contributed by atoms with E-state index in [4.69, 9.17) is 5.73 Å². The van der Waals surface area contributed by atoms with Crippen LogP contribution in [0.3, 0.4) is 0 Å². The molecule has 0 radical (unpaired) electrons. The molecule has 1 saturated heterocycles. The molecule has 1 aliphatic heterocycles. The number of pyridine rings is 1. The number of rotatable bonds is 2. The van der Waals surface area contributed by atoms with Crippen molar-refractivity contribution in [3.63, 3.8) is 0 Å². The molecule has 0 aromatic carbocycles. The van der Waals surface area contributed by atoms with Gasteiger partial charge in [0.2, 0.25) is 0 Å². The van der Waals surface area contributed by atoms with Crippen molar-refractivity contribution in [3.05, 3.63) is 26.9 Å². The average Bonchev–Trinajstić information content (AvgIpc) is 2.56. The van der Waals surface area contributed by atoms with Crippen molar-refractivity contribution in [1.82, 2.24) is 9.88 Å². The van der Waals surface area contributed by atoms with Gasteiger partial charge < -0.3 is 5.73 Å². The van der Waals surface area contributed by atoms with Crippen molar-refractivity contribution in [1.29, 1.82) is 0 Å². The number of hydrogen-bond donors (Lipinski definition) is 1. The van der Waals surface area contributed by atoms with Crippen LogP contribution in [-0.4, -0.2) is 29.0 Å². The lowest BCUT2D eigenvalue weighted by Gasteiger charge is -2.15. The fourth-order valence-electron chi connectivity index (χ4n) is 1.78. The standard InChI is InChI=1S/C10H13Br2N3.ClH/c11-7-3-9(12)10(14-4-7)6-15-2-1-8(13)5-15;/h3-4,8H,1-2,5-6,13H2;1H/t8-;/m1./s1. The molecule has 2 rings (SSSR count). The molecule has 2 heterocycles. The minimum absolute atomic E-state index is 0. The predicted molar refractivity (Wildman–Crippen MR) is 74.8 cm³/mol. The van der Waals surface area contributed by atoms with E-state index in [0.29, 0.717) is 6.04 Å². The summed E-state index contributed by atoms with van der Waals surface area (Å²) < 4.78 is 2.05. The molecule has 6 heteroatoms. The molecule has 0 unspecified atom stereocenters. The van der Waals surface area contributed by atoms with Crippen LogP contribution in [0, 0.1) is 0 Å². The first-order valence-electron chi connectivity index (χ1n) is 4.93. The van der Waals surface area contributed by atoms with Gasteiger partial charge in [0.1, 0.15) is 0 Å². The van der Waals surface area contributed by atoms with Crippen LogP contribution in [-0.2, 0) is 6.54 Å². The van der Waals surface area contributed by atoms with Gasteiger partial charge >= 0.3 is 0 Å².